The number of esters is 1. The van der Waals surface area contributed by atoms with Gasteiger partial charge in [0, 0.05) is 20.0 Å². The van der Waals surface area contributed by atoms with Gasteiger partial charge in [-0.25, -0.2) is 5.84 Å². The molecule has 0 radical (unpaired) electrons. The first-order valence-electron chi connectivity index (χ1n) is 8.81. The first-order valence-corrected chi connectivity index (χ1v) is 8.81. The lowest BCUT2D eigenvalue weighted by Gasteiger charge is -2.42. The van der Waals surface area contributed by atoms with Crippen molar-refractivity contribution in [1.29, 1.82) is 0 Å². The van der Waals surface area contributed by atoms with Crippen molar-refractivity contribution in [2.75, 3.05) is 14.2 Å². The van der Waals surface area contributed by atoms with Gasteiger partial charge in [0.05, 0.1) is 43.2 Å². The standard InChI is InChI=1S/C17H32N4O5/c1-6-7-17(3,26-5)15(21-10(2)22)13-12(19-9-20-18)8-11(14(13)23)16(24)25-4/h9,11-15,23H,6-8,18H2,1-5H3,(H,19,20)(H,21,22)/t11-,12+,13-,14+,15+,17-/m0/s1. The number of nitrogens with two attached hydrogens (primary N) is 1. The highest BCUT2D eigenvalue weighted by atomic mass is 16.5. The zero-order valence-electron chi connectivity index (χ0n) is 16.2. The van der Waals surface area contributed by atoms with E-state index in [-0.39, 0.29) is 5.91 Å². The van der Waals surface area contributed by atoms with E-state index < -0.39 is 41.6 Å². The van der Waals surface area contributed by atoms with Crippen LogP contribution >= 0.6 is 0 Å². The minimum atomic E-state index is -1.04. The zero-order chi connectivity index (χ0) is 19.9. The van der Waals surface area contributed by atoms with Gasteiger partial charge in [0.2, 0.25) is 5.91 Å². The second-order valence-corrected chi connectivity index (χ2v) is 6.89. The van der Waals surface area contributed by atoms with Crippen LogP contribution in [0.3, 0.4) is 0 Å². The maximum atomic E-state index is 12.1. The molecular weight excluding hydrogens is 340 g/mol. The molecule has 9 nitrogen and oxygen atoms in total. The molecule has 1 rings (SSSR count). The van der Waals surface area contributed by atoms with Crippen LogP contribution in [-0.2, 0) is 19.1 Å². The number of hydrazine groups is 1. The molecule has 150 valence electrons. The Morgan fingerprint density at radius 2 is 2.12 bits per heavy atom. The molecule has 0 aliphatic heterocycles. The summed E-state index contributed by atoms with van der Waals surface area (Å²) in [4.78, 5) is 28.3. The summed E-state index contributed by atoms with van der Waals surface area (Å²) in [7, 11) is 2.85. The second-order valence-electron chi connectivity index (χ2n) is 6.89. The second kappa shape index (κ2) is 9.84. The highest BCUT2D eigenvalue weighted by Gasteiger charge is 2.54. The number of rotatable bonds is 9. The Bertz CT molecular complexity index is 515. The van der Waals surface area contributed by atoms with Gasteiger partial charge in [0.15, 0.2) is 0 Å². The molecule has 0 aromatic carbocycles. The van der Waals surface area contributed by atoms with Crippen LogP contribution in [0.2, 0.25) is 0 Å². The molecule has 0 aromatic heterocycles. The van der Waals surface area contributed by atoms with E-state index in [2.05, 4.69) is 15.7 Å². The molecule has 6 atom stereocenters. The third kappa shape index (κ3) is 4.93. The van der Waals surface area contributed by atoms with E-state index in [1.807, 2.05) is 13.8 Å². The van der Waals surface area contributed by atoms with Gasteiger partial charge >= 0.3 is 5.97 Å². The van der Waals surface area contributed by atoms with Gasteiger partial charge in [-0.15, -0.1) is 0 Å². The molecule has 0 heterocycles. The van der Waals surface area contributed by atoms with Crippen LogP contribution in [0.4, 0.5) is 0 Å². The molecule has 0 saturated heterocycles. The summed E-state index contributed by atoms with van der Waals surface area (Å²) in [6.45, 7) is 5.31. The van der Waals surface area contributed by atoms with E-state index >= 15 is 0 Å². The van der Waals surface area contributed by atoms with Crippen molar-refractivity contribution in [1.82, 2.24) is 10.7 Å². The van der Waals surface area contributed by atoms with Gasteiger partial charge in [-0.3, -0.25) is 14.6 Å². The lowest BCUT2D eigenvalue weighted by molar-refractivity contribution is -0.149. The van der Waals surface area contributed by atoms with Crippen LogP contribution < -0.4 is 16.6 Å². The average molecular weight is 372 g/mol. The van der Waals surface area contributed by atoms with E-state index in [9.17, 15) is 14.7 Å². The van der Waals surface area contributed by atoms with Gasteiger partial charge in [-0.05, 0) is 19.8 Å². The predicted octanol–water partition coefficient (Wildman–Crippen LogP) is -0.273. The highest BCUT2D eigenvalue weighted by Crippen LogP contribution is 2.41. The summed E-state index contributed by atoms with van der Waals surface area (Å²) in [5.74, 6) is 3.26. The first-order chi connectivity index (χ1) is 12.2. The number of aliphatic hydroxyl groups is 1. The molecule has 0 unspecified atom stereocenters. The molecule has 1 saturated carbocycles. The smallest absolute Gasteiger partial charge is 0.311 e. The minimum Gasteiger partial charge on any atom is -0.469 e. The van der Waals surface area contributed by atoms with Gasteiger partial charge in [-0.1, -0.05) is 13.3 Å². The fourth-order valence-corrected chi connectivity index (χ4v) is 3.91. The van der Waals surface area contributed by atoms with E-state index in [4.69, 9.17) is 15.3 Å². The van der Waals surface area contributed by atoms with Crippen LogP contribution in [0, 0.1) is 11.8 Å². The molecule has 1 fully saturated rings. The van der Waals surface area contributed by atoms with Crippen LogP contribution in [0.1, 0.15) is 40.0 Å². The Morgan fingerprint density at radius 3 is 2.58 bits per heavy atom. The number of hydrogen-bond acceptors (Lipinski definition) is 7. The summed E-state index contributed by atoms with van der Waals surface area (Å²) in [5.41, 5.74) is 1.60. The van der Waals surface area contributed by atoms with Crippen molar-refractivity contribution < 1.29 is 24.2 Å². The van der Waals surface area contributed by atoms with Gasteiger partial charge in [0.25, 0.3) is 0 Å². The SMILES string of the molecule is CCC[C@](C)(OC)[C@H](NC(C)=O)[C@@H]1[C@H](O)[C@@H](C(=O)OC)C[C@H]1N=CNN. The Morgan fingerprint density at radius 1 is 1.46 bits per heavy atom. The summed E-state index contributed by atoms with van der Waals surface area (Å²) in [6.07, 6.45) is 2.05. The molecule has 1 amide bonds. The van der Waals surface area contributed by atoms with Crippen LogP contribution in [0.5, 0.6) is 0 Å². The van der Waals surface area contributed by atoms with Crippen molar-refractivity contribution in [2.24, 2.45) is 22.7 Å². The topological polar surface area (TPSA) is 135 Å². The third-order valence-corrected chi connectivity index (χ3v) is 5.21. The molecular formula is C17H32N4O5. The number of carbonyl (C=O) groups is 2. The minimum absolute atomic E-state index is 0.247. The zero-order valence-corrected chi connectivity index (χ0v) is 16.2. The van der Waals surface area contributed by atoms with Gasteiger partial charge in [0.1, 0.15) is 0 Å². The summed E-state index contributed by atoms with van der Waals surface area (Å²) in [5, 5.41) is 13.8. The molecule has 1 aliphatic rings. The van der Waals surface area contributed by atoms with Crippen molar-refractivity contribution in [2.45, 2.75) is 63.8 Å². The number of amides is 1. The summed E-state index contributed by atoms with van der Waals surface area (Å²) in [6, 6.07) is -0.983. The predicted molar refractivity (Wildman–Crippen MR) is 97.1 cm³/mol. The number of aliphatic hydroxyl groups excluding tert-OH is 1. The Balaban J connectivity index is 3.33. The highest BCUT2D eigenvalue weighted by molar-refractivity contribution is 5.75. The maximum absolute atomic E-state index is 12.1. The molecule has 9 heteroatoms. The molecule has 5 N–H and O–H groups in total. The van der Waals surface area contributed by atoms with E-state index in [1.165, 1.54) is 20.4 Å². The molecule has 0 bridgehead atoms. The Labute approximate surface area is 154 Å². The number of ether oxygens (including phenoxy) is 2. The van der Waals surface area contributed by atoms with Crippen LogP contribution in [0.15, 0.2) is 4.99 Å². The Kier molecular flexibility index (Phi) is 8.45. The monoisotopic (exact) mass is 372 g/mol. The lowest BCUT2D eigenvalue weighted by atomic mass is 9.78. The molecule has 26 heavy (non-hydrogen) atoms. The van der Waals surface area contributed by atoms with Crippen molar-refractivity contribution in [3.63, 3.8) is 0 Å². The molecule has 0 aromatic rings. The summed E-state index contributed by atoms with van der Waals surface area (Å²) < 4.78 is 10.6. The molecule has 1 aliphatic carbocycles. The fourth-order valence-electron chi connectivity index (χ4n) is 3.91. The van der Waals surface area contributed by atoms with Gasteiger partial charge < -0.3 is 25.3 Å². The number of hydrogen-bond donors (Lipinski definition) is 4. The van der Waals surface area contributed by atoms with Crippen LogP contribution in [-0.4, -0.2) is 61.3 Å². The van der Waals surface area contributed by atoms with Crippen molar-refractivity contribution in [3.8, 4) is 0 Å². The number of nitrogens with zero attached hydrogens (tertiary/aromatic N) is 1. The summed E-state index contributed by atoms with van der Waals surface area (Å²) >= 11 is 0. The van der Waals surface area contributed by atoms with E-state index in [1.54, 1.807) is 7.11 Å². The van der Waals surface area contributed by atoms with Crippen LogP contribution in [0.25, 0.3) is 0 Å². The third-order valence-electron chi connectivity index (χ3n) is 5.21. The first kappa shape index (κ1) is 22.3. The molecule has 0 spiro atoms. The number of methoxy groups -OCH3 is 2. The van der Waals surface area contributed by atoms with Crippen molar-refractivity contribution in [3.05, 3.63) is 0 Å². The normalized spacial score (nSPS) is 29.2. The average Bonchev–Trinajstić information content (AvgIpc) is 2.93. The lowest BCUT2D eigenvalue weighted by Crippen LogP contribution is -2.59. The number of nitrogens with one attached hydrogen (secondary N) is 2. The number of carbonyl (C=O) groups excluding carboxylic acids is 2. The van der Waals surface area contributed by atoms with E-state index in [0.717, 1.165) is 6.42 Å². The quantitative estimate of drug-likeness (QED) is 0.144. The largest absolute Gasteiger partial charge is 0.469 e. The number of aliphatic imine (C=N–C) groups is 1. The fraction of sp³-hybridized carbons (Fsp3) is 0.824. The van der Waals surface area contributed by atoms with Gasteiger partial charge in [-0.2, -0.15) is 0 Å². The van der Waals surface area contributed by atoms with E-state index in [0.29, 0.717) is 12.8 Å². The maximum Gasteiger partial charge on any atom is 0.311 e. The Hall–Kier alpha value is -1.71. The van der Waals surface area contributed by atoms with Crippen molar-refractivity contribution >= 4 is 18.2 Å².